The van der Waals surface area contributed by atoms with E-state index in [1.165, 1.54) is 4.90 Å². The van der Waals surface area contributed by atoms with E-state index < -0.39 is 34.3 Å². The summed E-state index contributed by atoms with van der Waals surface area (Å²) in [5.41, 5.74) is 5.55. The van der Waals surface area contributed by atoms with Crippen LogP contribution in [0.15, 0.2) is 0 Å². The molecule has 1 heterocycles. The molecule has 3 atom stereocenters. The van der Waals surface area contributed by atoms with Gasteiger partial charge in [-0.15, -0.1) is 0 Å². The molecule has 0 bridgehead atoms. The van der Waals surface area contributed by atoms with E-state index >= 15 is 0 Å². The van der Waals surface area contributed by atoms with E-state index in [1.807, 2.05) is 0 Å². The van der Waals surface area contributed by atoms with Crippen molar-refractivity contribution in [2.45, 2.75) is 51.0 Å². The maximum absolute atomic E-state index is 13.6. The van der Waals surface area contributed by atoms with E-state index in [1.54, 1.807) is 14.1 Å². The molecule has 1 aliphatic heterocycles. The molecular weight excluding hydrogens is 352 g/mol. The molecule has 9 heteroatoms. The van der Waals surface area contributed by atoms with Gasteiger partial charge in [-0.25, -0.2) is 14.7 Å². The number of nitrogens with two attached hydrogens (primary N) is 1. The average Bonchev–Trinajstić information content (AvgIpc) is 3.29. The molecule has 152 valence electrons. The van der Waals surface area contributed by atoms with E-state index in [9.17, 15) is 24.4 Å². The van der Waals surface area contributed by atoms with Gasteiger partial charge in [0.1, 0.15) is 0 Å². The molecule has 5 amide bonds. The Labute approximate surface area is 159 Å². The molecular formula is C18H31N4O5+. The third kappa shape index (κ3) is 4.30. The quantitative estimate of drug-likeness (QED) is 0.290. The summed E-state index contributed by atoms with van der Waals surface area (Å²) in [5.74, 6) is -1.52. The number of carbonyl (C=O) groups excluding carboxylic acids is 4. The van der Waals surface area contributed by atoms with E-state index in [4.69, 9.17) is 5.73 Å². The molecule has 2 rings (SSSR count). The van der Waals surface area contributed by atoms with Gasteiger partial charge in [-0.2, -0.15) is 4.48 Å². The first-order valence-electron chi connectivity index (χ1n) is 9.58. The highest BCUT2D eigenvalue weighted by atomic mass is 16.5. The van der Waals surface area contributed by atoms with Crippen LogP contribution in [-0.2, 0) is 14.4 Å². The Hall–Kier alpha value is -2.00. The minimum Gasteiger partial charge on any atom is -0.364 e. The first-order chi connectivity index (χ1) is 12.7. The SMILES string of the molecule is CN(C)C(=O)[N+]1(C(=O)[C@H](CC2CCCC2)CN(O)C=O)CCC[C@H]1C(N)=O. The number of likely N-dealkylation sites (tertiary alicyclic amines) is 1. The topological polar surface area (TPSA) is 121 Å². The van der Waals surface area contributed by atoms with Crippen molar-refractivity contribution in [1.29, 1.82) is 0 Å². The lowest BCUT2D eigenvalue weighted by atomic mass is 9.90. The number of amides is 5. The van der Waals surface area contributed by atoms with E-state index in [0.29, 0.717) is 30.2 Å². The van der Waals surface area contributed by atoms with Crippen molar-refractivity contribution < 1.29 is 28.9 Å². The Balaban J connectivity index is 2.39. The predicted octanol–water partition coefficient (Wildman–Crippen LogP) is 0.703. The molecule has 1 aliphatic carbocycles. The second-order valence-electron chi connectivity index (χ2n) is 7.98. The van der Waals surface area contributed by atoms with Crippen LogP contribution in [0.3, 0.4) is 0 Å². The smallest absolute Gasteiger partial charge is 0.364 e. The molecule has 0 spiro atoms. The highest BCUT2D eigenvalue weighted by Crippen LogP contribution is 2.36. The molecule has 9 nitrogen and oxygen atoms in total. The van der Waals surface area contributed by atoms with Crippen LogP contribution in [0.2, 0.25) is 0 Å². The molecule has 0 aromatic carbocycles. The molecule has 0 aromatic rings. The third-order valence-corrected chi connectivity index (χ3v) is 5.94. The summed E-state index contributed by atoms with van der Waals surface area (Å²) >= 11 is 0. The highest BCUT2D eigenvalue weighted by molar-refractivity contribution is 5.91. The van der Waals surface area contributed by atoms with Crippen molar-refractivity contribution in [1.82, 2.24) is 9.96 Å². The number of rotatable bonds is 7. The summed E-state index contributed by atoms with van der Waals surface area (Å²) in [5, 5.41) is 10.2. The summed E-state index contributed by atoms with van der Waals surface area (Å²) in [4.78, 5) is 51.0. The highest BCUT2D eigenvalue weighted by Gasteiger charge is 2.59. The first-order valence-corrected chi connectivity index (χ1v) is 9.58. The number of hydrogen-bond donors (Lipinski definition) is 2. The number of imide groups is 1. The van der Waals surface area contributed by atoms with Crippen LogP contribution in [0.1, 0.15) is 44.9 Å². The van der Waals surface area contributed by atoms with E-state index in [0.717, 1.165) is 25.7 Å². The summed E-state index contributed by atoms with van der Waals surface area (Å²) in [6.45, 7) is 0.0160. The van der Waals surface area contributed by atoms with Crippen LogP contribution in [0, 0.1) is 11.8 Å². The summed E-state index contributed by atoms with van der Waals surface area (Å²) in [6, 6.07) is -1.39. The molecule has 1 unspecified atom stereocenters. The third-order valence-electron chi connectivity index (χ3n) is 5.94. The predicted molar refractivity (Wildman–Crippen MR) is 96.1 cm³/mol. The lowest BCUT2D eigenvalue weighted by Crippen LogP contribution is -2.68. The fourth-order valence-corrected chi connectivity index (χ4v) is 4.71. The number of urea groups is 1. The van der Waals surface area contributed by atoms with Crippen molar-refractivity contribution in [3.63, 3.8) is 0 Å². The Morgan fingerprint density at radius 1 is 1.19 bits per heavy atom. The van der Waals surface area contributed by atoms with Crippen molar-refractivity contribution in [3.8, 4) is 0 Å². The zero-order valence-electron chi connectivity index (χ0n) is 16.2. The van der Waals surface area contributed by atoms with Gasteiger partial charge in [-0.1, -0.05) is 25.7 Å². The van der Waals surface area contributed by atoms with Crippen LogP contribution in [0.4, 0.5) is 4.79 Å². The lowest BCUT2D eigenvalue weighted by Gasteiger charge is -2.37. The Kier molecular flexibility index (Phi) is 6.94. The molecule has 0 radical (unpaired) electrons. The minimum absolute atomic E-state index is 0.189. The van der Waals surface area contributed by atoms with Gasteiger partial charge in [0.25, 0.3) is 5.91 Å². The number of hydrogen-bond acceptors (Lipinski definition) is 5. The second kappa shape index (κ2) is 8.79. The molecule has 1 saturated heterocycles. The van der Waals surface area contributed by atoms with E-state index in [2.05, 4.69) is 0 Å². The van der Waals surface area contributed by atoms with Crippen molar-refractivity contribution >= 4 is 24.3 Å². The Bertz CT molecular complexity index is 590. The van der Waals surface area contributed by atoms with Gasteiger partial charge in [-0.3, -0.25) is 19.7 Å². The largest absolute Gasteiger partial charge is 0.426 e. The van der Waals surface area contributed by atoms with Crippen molar-refractivity contribution in [2.24, 2.45) is 17.6 Å². The maximum Gasteiger partial charge on any atom is 0.426 e. The van der Waals surface area contributed by atoms with Crippen LogP contribution < -0.4 is 5.73 Å². The van der Waals surface area contributed by atoms with Crippen LogP contribution in [0.25, 0.3) is 0 Å². The van der Waals surface area contributed by atoms with Crippen molar-refractivity contribution in [2.75, 3.05) is 27.2 Å². The van der Waals surface area contributed by atoms with Gasteiger partial charge in [0, 0.05) is 26.9 Å². The molecule has 27 heavy (non-hydrogen) atoms. The Morgan fingerprint density at radius 3 is 2.33 bits per heavy atom. The van der Waals surface area contributed by atoms with Gasteiger partial charge in [0.2, 0.25) is 6.41 Å². The van der Waals surface area contributed by atoms with Crippen molar-refractivity contribution in [3.05, 3.63) is 0 Å². The van der Waals surface area contributed by atoms with Crippen LogP contribution in [-0.4, -0.2) is 77.1 Å². The fourth-order valence-electron chi connectivity index (χ4n) is 4.71. The molecule has 3 N–H and O–H groups in total. The van der Waals surface area contributed by atoms with Gasteiger partial charge in [0.15, 0.2) is 6.04 Å². The average molecular weight is 383 g/mol. The number of carbonyl (C=O) groups is 4. The lowest BCUT2D eigenvalue weighted by molar-refractivity contribution is -0.782. The number of nitrogens with zero attached hydrogens (tertiary/aromatic N) is 3. The summed E-state index contributed by atoms with van der Waals surface area (Å²) < 4.78 is -0.646. The molecule has 2 aliphatic rings. The monoisotopic (exact) mass is 383 g/mol. The first kappa shape index (κ1) is 21.3. The summed E-state index contributed by atoms with van der Waals surface area (Å²) in [7, 11) is 3.09. The zero-order chi connectivity index (χ0) is 20.2. The fraction of sp³-hybridized carbons (Fsp3) is 0.778. The second-order valence-corrected chi connectivity index (χ2v) is 7.98. The number of primary amides is 1. The standard InChI is InChI=1S/C18H30N4O5/c1-20(2)18(26)22(9-5-8-15(22)16(19)24)17(25)14(11-21(27)12-23)10-13-6-3-4-7-13/h12-15,27H,3-11H2,1-2H3,(H-,19,24)/p+1/t14-,15+,22?/m1/s1. The van der Waals surface area contributed by atoms with Crippen LogP contribution >= 0.6 is 0 Å². The minimum atomic E-state index is -0.915. The Morgan fingerprint density at radius 2 is 1.81 bits per heavy atom. The maximum atomic E-state index is 13.6. The normalized spacial score (nSPS) is 26.6. The zero-order valence-corrected chi connectivity index (χ0v) is 16.2. The van der Waals surface area contributed by atoms with E-state index in [-0.39, 0.29) is 19.5 Å². The number of hydroxylamine groups is 2. The van der Waals surface area contributed by atoms with Crippen LogP contribution in [0.5, 0.6) is 0 Å². The number of quaternary nitrogens is 1. The van der Waals surface area contributed by atoms with Gasteiger partial charge in [0.05, 0.1) is 19.0 Å². The molecule has 2 fully saturated rings. The van der Waals surface area contributed by atoms with Gasteiger partial charge in [-0.05, 0) is 12.3 Å². The summed E-state index contributed by atoms with van der Waals surface area (Å²) in [6.07, 6.45) is 5.77. The van der Waals surface area contributed by atoms with Gasteiger partial charge >= 0.3 is 11.9 Å². The molecule has 0 aromatic heterocycles. The molecule has 1 saturated carbocycles. The van der Waals surface area contributed by atoms with Gasteiger partial charge < -0.3 is 5.73 Å².